The molecule has 106 valence electrons. The summed E-state index contributed by atoms with van der Waals surface area (Å²) in [6.07, 6.45) is 0.252. The van der Waals surface area contributed by atoms with E-state index in [1.165, 1.54) is 5.56 Å². The van der Waals surface area contributed by atoms with Crippen LogP contribution in [0.1, 0.15) is 40.8 Å². The highest BCUT2D eigenvalue weighted by atomic mass is 16.5. The first-order valence-corrected chi connectivity index (χ1v) is 6.99. The van der Waals surface area contributed by atoms with Crippen molar-refractivity contribution in [2.75, 3.05) is 7.11 Å². The van der Waals surface area contributed by atoms with E-state index in [0.717, 1.165) is 34.4 Å². The lowest BCUT2D eigenvalue weighted by molar-refractivity contribution is 0.213. The van der Waals surface area contributed by atoms with Crippen LogP contribution >= 0.6 is 0 Å². The highest BCUT2D eigenvalue weighted by Gasteiger charge is 2.20. The summed E-state index contributed by atoms with van der Waals surface area (Å²) in [5.74, 6) is 0.751. The molecule has 0 fully saturated rings. The molecule has 0 radical (unpaired) electrons. The van der Waals surface area contributed by atoms with Crippen molar-refractivity contribution in [3.8, 4) is 5.75 Å². The van der Waals surface area contributed by atoms with Gasteiger partial charge in [-0.2, -0.15) is 0 Å². The lowest BCUT2D eigenvalue weighted by Crippen LogP contribution is -2.07. The number of hydrogen-bond donors (Lipinski definition) is 1. The van der Waals surface area contributed by atoms with Gasteiger partial charge >= 0.3 is 0 Å². The smallest absolute Gasteiger partial charge is 0.125 e. The van der Waals surface area contributed by atoms with Gasteiger partial charge in [0.25, 0.3) is 0 Å². The third kappa shape index (κ3) is 2.70. The van der Waals surface area contributed by atoms with Crippen LogP contribution in [0.5, 0.6) is 5.75 Å². The van der Waals surface area contributed by atoms with Crippen molar-refractivity contribution < 1.29 is 9.84 Å². The maximum Gasteiger partial charge on any atom is 0.125 e. The van der Waals surface area contributed by atoms with Gasteiger partial charge in [0.1, 0.15) is 11.9 Å². The Morgan fingerprint density at radius 2 is 1.85 bits per heavy atom. The molecule has 0 aliphatic heterocycles. The predicted octanol–water partition coefficient (Wildman–Crippen LogP) is 3.96. The number of aliphatic hydroxyl groups is 1. The van der Waals surface area contributed by atoms with E-state index in [-0.39, 0.29) is 0 Å². The summed E-state index contributed by atoms with van der Waals surface area (Å²) in [6, 6.07) is 12.1. The summed E-state index contributed by atoms with van der Waals surface area (Å²) in [4.78, 5) is 0. The second kappa shape index (κ2) is 6.10. The molecule has 0 saturated carbocycles. The summed E-state index contributed by atoms with van der Waals surface area (Å²) in [7, 11) is 1.65. The standard InChI is InChI=1S/C18H22O2/c1-5-14-8-6-7-9-15(14)18(19)17-13(3)10-12(2)11-16(17)20-4/h6-11,18-19H,5H2,1-4H3. The molecule has 2 aromatic carbocycles. The van der Waals surface area contributed by atoms with E-state index in [0.29, 0.717) is 0 Å². The fraction of sp³-hybridized carbons (Fsp3) is 0.333. The summed E-state index contributed by atoms with van der Waals surface area (Å²) in [6.45, 7) is 6.15. The van der Waals surface area contributed by atoms with E-state index in [9.17, 15) is 5.11 Å². The Morgan fingerprint density at radius 1 is 1.15 bits per heavy atom. The Labute approximate surface area is 121 Å². The minimum atomic E-state index is -0.651. The molecule has 0 bridgehead atoms. The van der Waals surface area contributed by atoms with E-state index in [4.69, 9.17) is 4.74 Å². The topological polar surface area (TPSA) is 29.5 Å². The van der Waals surface area contributed by atoms with Gasteiger partial charge in [-0.05, 0) is 48.6 Å². The van der Waals surface area contributed by atoms with E-state index < -0.39 is 6.10 Å². The van der Waals surface area contributed by atoms with Gasteiger partial charge in [-0.25, -0.2) is 0 Å². The van der Waals surface area contributed by atoms with Crippen molar-refractivity contribution in [1.29, 1.82) is 0 Å². The third-order valence-corrected chi connectivity index (χ3v) is 3.72. The highest BCUT2D eigenvalue weighted by Crippen LogP contribution is 2.35. The van der Waals surface area contributed by atoms with Gasteiger partial charge in [0.05, 0.1) is 7.11 Å². The van der Waals surface area contributed by atoms with Gasteiger partial charge < -0.3 is 9.84 Å². The van der Waals surface area contributed by atoms with E-state index in [1.54, 1.807) is 7.11 Å². The molecule has 0 aliphatic rings. The minimum Gasteiger partial charge on any atom is -0.496 e. The Hall–Kier alpha value is -1.80. The Balaban J connectivity index is 2.56. The quantitative estimate of drug-likeness (QED) is 0.911. The molecule has 2 aromatic rings. The largest absolute Gasteiger partial charge is 0.496 e. The van der Waals surface area contributed by atoms with Crippen molar-refractivity contribution in [3.05, 3.63) is 64.2 Å². The Bertz CT molecular complexity index is 602. The number of aryl methyl sites for hydroxylation is 3. The zero-order chi connectivity index (χ0) is 14.7. The summed E-state index contributed by atoms with van der Waals surface area (Å²) < 4.78 is 5.46. The summed E-state index contributed by atoms with van der Waals surface area (Å²) >= 11 is 0. The average Bonchev–Trinajstić information content (AvgIpc) is 2.45. The average molecular weight is 270 g/mol. The normalized spacial score (nSPS) is 12.2. The fourth-order valence-electron chi connectivity index (χ4n) is 2.74. The van der Waals surface area contributed by atoms with Crippen LogP contribution in [0, 0.1) is 13.8 Å². The lowest BCUT2D eigenvalue weighted by Gasteiger charge is -2.20. The van der Waals surface area contributed by atoms with Gasteiger partial charge in [0.2, 0.25) is 0 Å². The first-order valence-electron chi connectivity index (χ1n) is 6.99. The molecular weight excluding hydrogens is 248 g/mol. The third-order valence-electron chi connectivity index (χ3n) is 3.72. The van der Waals surface area contributed by atoms with Crippen molar-refractivity contribution in [2.45, 2.75) is 33.3 Å². The molecule has 2 rings (SSSR count). The van der Waals surface area contributed by atoms with Crippen LogP contribution in [-0.2, 0) is 6.42 Å². The molecule has 0 aliphatic carbocycles. The van der Waals surface area contributed by atoms with E-state index >= 15 is 0 Å². The number of benzene rings is 2. The molecule has 1 N–H and O–H groups in total. The summed E-state index contributed by atoms with van der Waals surface area (Å²) in [5, 5.41) is 10.8. The molecule has 0 heterocycles. The molecule has 1 atom stereocenters. The highest BCUT2D eigenvalue weighted by molar-refractivity contribution is 5.49. The van der Waals surface area contributed by atoms with Crippen LogP contribution in [-0.4, -0.2) is 12.2 Å². The van der Waals surface area contributed by atoms with Crippen molar-refractivity contribution in [1.82, 2.24) is 0 Å². The van der Waals surface area contributed by atoms with Gasteiger partial charge in [0, 0.05) is 5.56 Å². The maximum absolute atomic E-state index is 10.8. The predicted molar refractivity (Wildman–Crippen MR) is 82.3 cm³/mol. The van der Waals surface area contributed by atoms with Crippen LogP contribution in [0.4, 0.5) is 0 Å². The molecule has 0 aromatic heterocycles. The summed E-state index contributed by atoms with van der Waals surface area (Å²) in [5.41, 5.74) is 5.18. The van der Waals surface area contributed by atoms with Crippen LogP contribution in [0.25, 0.3) is 0 Å². The van der Waals surface area contributed by atoms with Crippen molar-refractivity contribution in [2.24, 2.45) is 0 Å². The monoisotopic (exact) mass is 270 g/mol. The molecule has 0 spiro atoms. The first-order chi connectivity index (χ1) is 9.58. The maximum atomic E-state index is 10.8. The zero-order valence-electron chi connectivity index (χ0n) is 12.6. The SMILES string of the molecule is CCc1ccccc1C(O)c1c(C)cc(C)cc1OC. The second-order valence-electron chi connectivity index (χ2n) is 5.15. The van der Waals surface area contributed by atoms with Crippen LogP contribution in [0.2, 0.25) is 0 Å². The molecule has 1 unspecified atom stereocenters. The second-order valence-corrected chi connectivity index (χ2v) is 5.15. The molecule has 2 nitrogen and oxygen atoms in total. The first kappa shape index (κ1) is 14.6. The Morgan fingerprint density at radius 3 is 2.50 bits per heavy atom. The number of aliphatic hydroxyl groups excluding tert-OH is 1. The van der Waals surface area contributed by atoms with Crippen molar-refractivity contribution in [3.63, 3.8) is 0 Å². The molecule has 0 saturated heterocycles. The van der Waals surface area contributed by atoms with Gasteiger partial charge in [-0.3, -0.25) is 0 Å². The van der Waals surface area contributed by atoms with Gasteiger partial charge in [0.15, 0.2) is 0 Å². The molecule has 20 heavy (non-hydrogen) atoms. The molecule has 0 amide bonds. The molecular formula is C18H22O2. The number of rotatable bonds is 4. The fourth-order valence-corrected chi connectivity index (χ4v) is 2.74. The van der Waals surface area contributed by atoms with Crippen molar-refractivity contribution >= 4 is 0 Å². The zero-order valence-corrected chi connectivity index (χ0v) is 12.6. The molecule has 2 heteroatoms. The number of ether oxygens (including phenoxy) is 1. The van der Waals surface area contributed by atoms with Crippen LogP contribution < -0.4 is 4.74 Å². The van der Waals surface area contributed by atoms with E-state index in [2.05, 4.69) is 19.1 Å². The Kier molecular flexibility index (Phi) is 4.46. The van der Waals surface area contributed by atoms with Gasteiger partial charge in [-0.1, -0.05) is 37.3 Å². The van der Waals surface area contributed by atoms with Crippen LogP contribution in [0.3, 0.4) is 0 Å². The number of hydrogen-bond acceptors (Lipinski definition) is 2. The van der Waals surface area contributed by atoms with Gasteiger partial charge in [-0.15, -0.1) is 0 Å². The van der Waals surface area contributed by atoms with Crippen LogP contribution in [0.15, 0.2) is 36.4 Å². The minimum absolute atomic E-state index is 0.651. The lowest BCUT2D eigenvalue weighted by atomic mass is 9.91. The number of methoxy groups -OCH3 is 1. The van der Waals surface area contributed by atoms with E-state index in [1.807, 2.05) is 38.1 Å².